The Morgan fingerprint density at radius 3 is 2.25 bits per heavy atom. The number of methoxy groups -OCH3 is 2. The minimum absolute atomic E-state index is 0.254. The zero-order valence-electron chi connectivity index (χ0n) is 13.2. The Bertz CT molecular complexity index is 820. The number of amidine groups is 1. The predicted molar refractivity (Wildman–Crippen MR) is 88.6 cm³/mol. The third kappa shape index (κ3) is 3.27. The van der Waals surface area contributed by atoms with E-state index in [0.717, 1.165) is 5.56 Å². The summed E-state index contributed by atoms with van der Waals surface area (Å²) in [5, 5.41) is 2.67. The van der Waals surface area contributed by atoms with Gasteiger partial charge in [0.2, 0.25) is 0 Å². The van der Waals surface area contributed by atoms with Crippen LogP contribution in [-0.2, 0) is 4.79 Å². The molecule has 24 heavy (non-hydrogen) atoms. The quantitative estimate of drug-likeness (QED) is 0.879. The molecule has 1 aliphatic heterocycles. The van der Waals surface area contributed by atoms with Crippen LogP contribution in [0.15, 0.2) is 53.2 Å². The van der Waals surface area contributed by atoms with Gasteiger partial charge in [0.25, 0.3) is 5.91 Å². The van der Waals surface area contributed by atoms with Gasteiger partial charge in [-0.05, 0) is 48.0 Å². The molecule has 0 fully saturated rings. The number of halogens is 1. The van der Waals surface area contributed by atoms with Gasteiger partial charge in [-0.2, -0.15) is 0 Å². The fourth-order valence-corrected chi connectivity index (χ4v) is 2.28. The number of amides is 1. The number of rotatable bonds is 4. The second-order valence-corrected chi connectivity index (χ2v) is 5.10. The Labute approximate surface area is 138 Å². The van der Waals surface area contributed by atoms with E-state index in [2.05, 4.69) is 10.3 Å². The molecule has 1 aliphatic rings. The molecule has 0 unspecified atom stereocenters. The molecule has 1 amide bonds. The normalized spacial score (nSPS) is 15.2. The van der Waals surface area contributed by atoms with Crippen molar-refractivity contribution < 1.29 is 18.7 Å². The molecule has 0 radical (unpaired) electrons. The van der Waals surface area contributed by atoms with Crippen molar-refractivity contribution in [1.82, 2.24) is 5.32 Å². The average Bonchev–Trinajstić information content (AvgIpc) is 2.95. The van der Waals surface area contributed by atoms with Gasteiger partial charge >= 0.3 is 0 Å². The molecular weight excluding hydrogens is 311 g/mol. The summed E-state index contributed by atoms with van der Waals surface area (Å²) in [6.45, 7) is 0. The molecule has 0 aliphatic carbocycles. The van der Waals surface area contributed by atoms with Crippen LogP contribution in [0.5, 0.6) is 11.5 Å². The van der Waals surface area contributed by atoms with Gasteiger partial charge in [-0.25, -0.2) is 9.38 Å². The SMILES string of the molecule is COc1cc(/C=C2/N=C(c3ccc(F)cc3)NC2=O)cc(OC)c1. The molecule has 3 rings (SSSR count). The van der Waals surface area contributed by atoms with Gasteiger partial charge in [0.15, 0.2) is 0 Å². The second-order valence-electron chi connectivity index (χ2n) is 5.10. The van der Waals surface area contributed by atoms with Crippen LogP contribution in [0.3, 0.4) is 0 Å². The van der Waals surface area contributed by atoms with Crippen molar-refractivity contribution >= 4 is 17.8 Å². The van der Waals surface area contributed by atoms with Gasteiger partial charge in [0.1, 0.15) is 28.8 Å². The molecular formula is C18H15FN2O3. The Kier molecular flexibility index (Phi) is 4.29. The number of nitrogens with one attached hydrogen (secondary N) is 1. The fraction of sp³-hybridized carbons (Fsp3) is 0.111. The molecule has 2 aromatic rings. The van der Waals surface area contributed by atoms with E-state index in [1.165, 1.54) is 12.1 Å². The van der Waals surface area contributed by atoms with Crippen LogP contribution in [0.4, 0.5) is 4.39 Å². The number of hydrogen-bond acceptors (Lipinski definition) is 4. The van der Waals surface area contributed by atoms with E-state index in [4.69, 9.17) is 9.47 Å². The van der Waals surface area contributed by atoms with Gasteiger partial charge in [-0.15, -0.1) is 0 Å². The summed E-state index contributed by atoms with van der Waals surface area (Å²) in [6.07, 6.45) is 1.64. The molecule has 1 heterocycles. The summed E-state index contributed by atoms with van der Waals surface area (Å²) < 4.78 is 23.4. The van der Waals surface area contributed by atoms with E-state index < -0.39 is 0 Å². The van der Waals surface area contributed by atoms with Gasteiger partial charge in [0, 0.05) is 11.6 Å². The van der Waals surface area contributed by atoms with E-state index in [1.54, 1.807) is 50.6 Å². The Morgan fingerprint density at radius 2 is 1.67 bits per heavy atom. The number of benzene rings is 2. The number of nitrogens with zero attached hydrogens (tertiary/aromatic N) is 1. The summed E-state index contributed by atoms with van der Waals surface area (Å²) in [6, 6.07) is 11.0. The molecule has 0 atom stereocenters. The van der Waals surface area contributed by atoms with Crippen molar-refractivity contribution in [2.75, 3.05) is 14.2 Å². The number of ether oxygens (including phenoxy) is 2. The van der Waals surface area contributed by atoms with Crippen LogP contribution < -0.4 is 14.8 Å². The van der Waals surface area contributed by atoms with Crippen LogP contribution in [0.1, 0.15) is 11.1 Å². The van der Waals surface area contributed by atoms with Crippen molar-refractivity contribution in [3.8, 4) is 11.5 Å². The van der Waals surface area contributed by atoms with Gasteiger partial charge in [-0.1, -0.05) is 0 Å². The second kappa shape index (κ2) is 6.54. The molecule has 5 nitrogen and oxygen atoms in total. The summed E-state index contributed by atoms with van der Waals surface area (Å²) in [4.78, 5) is 16.4. The lowest BCUT2D eigenvalue weighted by molar-refractivity contribution is -0.115. The fourth-order valence-electron chi connectivity index (χ4n) is 2.28. The van der Waals surface area contributed by atoms with E-state index >= 15 is 0 Å². The smallest absolute Gasteiger partial charge is 0.275 e. The topological polar surface area (TPSA) is 59.9 Å². The maximum atomic E-state index is 13.0. The summed E-state index contributed by atoms with van der Waals surface area (Å²) in [5.41, 5.74) is 1.61. The number of carbonyl (C=O) groups is 1. The molecule has 6 heteroatoms. The molecule has 0 saturated heterocycles. The first-order valence-electron chi connectivity index (χ1n) is 7.20. The minimum atomic E-state index is -0.345. The van der Waals surface area contributed by atoms with Crippen LogP contribution >= 0.6 is 0 Å². The van der Waals surface area contributed by atoms with Crippen LogP contribution in [0, 0.1) is 5.82 Å². The number of hydrogen-bond donors (Lipinski definition) is 1. The van der Waals surface area contributed by atoms with Crippen molar-refractivity contribution in [1.29, 1.82) is 0 Å². The van der Waals surface area contributed by atoms with Crippen molar-refractivity contribution in [2.24, 2.45) is 4.99 Å². The zero-order chi connectivity index (χ0) is 17.1. The Morgan fingerprint density at radius 1 is 1.04 bits per heavy atom. The minimum Gasteiger partial charge on any atom is -0.497 e. The van der Waals surface area contributed by atoms with Crippen molar-refractivity contribution in [2.45, 2.75) is 0 Å². The van der Waals surface area contributed by atoms with Crippen LogP contribution in [0.25, 0.3) is 6.08 Å². The van der Waals surface area contributed by atoms with E-state index in [0.29, 0.717) is 22.9 Å². The van der Waals surface area contributed by atoms with Gasteiger partial charge < -0.3 is 14.8 Å². The highest BCUT2D eigenvalue weighted by Crippen LogP contribution is 2.25. The maximum absolute atomic E-state index is 13.0. The molecule has 1 N–H and O–H groups in total. The molecule has 0 spiro atoms. The van der Waals surface area contributed by atoms with E-state index in [9.17, 15) is 9.18 Å². The maximum Gasteiger partial charge on any atom is 0.275 e. The number of aliphatic imine (C=N–C) groups is 1. The lowest BCUT2D eigenvalue weighted by atomic mass is 10.1. The number of carbonyl (C=O) groups excluding carboxylic acids is 1. The Hall–Kier alpha value is -3.15. The zero-order valence-corrected chi connectivity index (χ0v) is 13.2. The van der Waals surface area contributed by atoms with Gasteiger partial charge in [0.05, 0.1) is 14.2 Å². The van der Waals surface area contributed by atoms with Crippen LogP contribution in [-0.4, -0.2) is 26.0 Å². The molecule has 0 saturated carbocycles. The molecule has 0 aromatic heterocycles. The molecule has 122 valence electrons. The summed E-state index contributed by atoms with van der Waals surface area (Å²) in [5.74, 6) is 0.949. The lowest BCUT2D eigenvalue weighted by Crippen LogP contribution is -2.24. The summed E-state index contributed by atoms with van der Waals surface area (Å²) in [7, 11) is 3.11. The third-order valence-corrected chi connectivity index (χ3v) is 3.49. The first-order chi connectivity index (χ1) is 11.6. The van der Waals surface area contributed by atoms with Gasteiger partial charge in [-0.3, -0.25) is 4.79 Å². The average molecular weight is 326 g/mol. The lowest BCUT2D eigenvalue weighted by Gasteiger charge is -2.05. The third-order valence-electron chi connectivity index (χ3n) is 3.49. The highest BCUT2D eigenvalue weighted by molar-refractivity contribution is 6.19. The summed E-state index contributed by atoms with van der Waals surface area (Å²) >= 11 is 0. The van der Waals surface area contributed by atoms with Crippen molar-refractivity contribution in [3.05, 3.63) is 65.1 Å². The monoisotopic (exact) mass is 326 g/mol. The highest BCUT2D eigenvalue weighted by atomic mass is 19.1. The van der Waals surface area contributed by atoms with E-state index in [-0.39, 0.29) is 17.4 Å². The highest BCUT2D eigenvalue weighted by Gasteiger charge is 2.21. The molecule has 0 bridgehead atoms. The molecule has 2 aromatic carbocycles. The van der Waals surface area contributed by atoms with Crippen LogP contribution in [0.2, 0.25) is 0 Å². The van der Waals surface area contributed by atoms with E-state index in [1.807, 2.05) is 0 Å². The first kappa shape index (κ1) is 15.7. The largest absolute Gasteiger partial charge is 0.497 e. The first-order valence-corrected chi connectivity index (χ1v) is 7.20. The van der Waals surface area contributed by atoms with Crippen molar-refractivity contribution in [3.63, 3.8) is 0 Å². The predicted octanol–water partition coefficient (Wildman–Crippen LogP) is 2.76. The Balaban J connectivity index is 1.95. The standard InChI is InChI=1S/C18H15FN2O3/c1-23-14-7-11(8-15(10-14)24-2)9-16-18(22)21-17(20-16)12-3-5-13(19)6-4-12/h3-10H,1-2H3,(H,20,21,22)/b16-9+.